The number of amides is 1. The highest BCUT2D eigenvalue weighted by Gasteiger charge is 2.22. The van der Waals surface area contributed by atoms with Crippen molar-refractivity contribution in [1.29, 1.82) is 0 Å². The highest BCUT2D eigenvalue weighted by Crippen LogP contribution is 2.33. The van der Waals surface area contributed by atoms with Gasteiger partial charge < -0.3 is 19.5 Å². The van der Waals surface area contributed by atoms with Gasteiger partial charge in [-0.15, -0.1) is 12.4 Å². The zero-order chi connectivity index (χ0) is 24.6. The summed E-state index contributed by atoms with van der Waals surface area (Å²) in [6.45, 7) is 4.78. The molecule has 5 aromatic rings. The van der Waals surface area contributed by atoms with Crippen LogP contribution in [0.5, 0.6) is 0 Å². The number of nitrogens with zero attached hydrogens (tertiary/aromatic N) is 4. The molecule has 1 amide bonds. The van der Waals surface area contributed by atoms with E-state index in [2.05, 4.69) is 32.3 Å². The van der Waals surface area contributed by atoms with Gasteiger partial charge in [0.2, 0.25) is 0 Å². The second-order valence-corrected chi connectivity index (χ2v) is 9.29. The van der Waals surface area contributed by atoms with Crippen molar-refractivity contribution in [3.63, 3.8) is 0 Å². The van der Waals surface area contributed by atoms with Crippen LogP contribution in [-0.2, 0) is 0 Å². The smallest absolute Gasteiger partial charge is 0.253 e. The van der Waals surface area contributed by atoms with Crippen molar-refractivity contribution < 1.29 is 9.21 Å². The van der Waals surface area contributed by atoms with Gasteiger partial charge in [-0.05, 0) is 67.6 Å². The summed E-state index contributed by atoms with van der Waals surface area (Å²) < 4.78 is 6.06. The fraction of sp³-hybridized carbons (Fsp3) is 0.179. The Morgan fingerprint density at radius 2 is 1.62 bits per heavy atom. The molecule has 1 aliphatic heterocycles. The maximum Gasteiger partial charge on any atom is 0.253 e. The standard InChI is InChI=1S/C28H24ClN5O2.ClH/c1-18-30-25-23-4-2-3-5-24(23)36-26(25)27(31-18)32-21-10-12-22(13-11-21)33-14-16-34(17-15-33)28(35)19-6-8-20(29)9-7-19;/h2-13H,14-17H2,1H3,(H,30,31,32);1H. The van der Waals surface area contributed by atoms with Gasteiger partial charge in [0.25, 0.3) is 5.91 Å². The van der Waals surface area contributed by atoms with E-state index in [1.165, 1.54) is 0 Å². The molecular formula is C28H25Cl2N5O2. The number of para-hydroxylation sites is 1. The number of carbonyl (C=O) groups is 1. The highest BCUT2D eigenvalue weighted by molar-refractivity contribution is 6.30. The summed E-state index contributed by atoms with van der Waals surface area (Å²) in [4.78, 5) is 26.2. The highest BCUT2D eigenvalue weighted by atomic mass is 35.5. The fourth-order valence-corrected chi connectivity index (χ4v) is 4.75. The molecule has 0 unspecified atom stereocenters. The van der Waals surface area contributed by atoms with Crippen LogP contribution in [0.1, 0.15) is 16.2 Å². The molecule has 7 nitrogen and oxygen atoms in total. The van der Waals surface area contributed by atoms with E-state index < -0.39 is 0 Å². The molecule has 1 saturated heterocycles. The first-order valence-electron chi connectivity index (χ1n) is 11.9. The molecule has 1 fully saturated rings. The number of carbonyl (C=O) groups excluding carboxylic acids is 1. The third-order valence-corrected chi connectivity index (χ3v) is 6.74. The first-order chi connectivity index (χ1) is 17.5. The number of benzene rings is 3. The second-order valence-electron chi connectivity index (χ2n) is 8.85. The summed E-state index contributed by atoms with van der Waals surface area (Å²) in [7, 11) is 0. The Hall–Kier alpha value is -3.81. The minimum Gasteiger partial charge on any atom is -0.450 e. The maximum atomic E-state index is 12.8. The third-order valence-electron chi connectivity index (χ3n) is 6.48. The van der Waals surface area contributed by atoms with E-state index in [1.807, 2.05) is 48.2 Å². The van der Waals surface area contributed by atoms with Gasteiger partial charge in [-0.1, -0.05) is 23.7 Å². The van der Waals surface area contributed by atoms with Crippen LogP contribution in [0.4, 0.5) is 17.2 Å². The van der Waals surface area contributed by atoms with Gasteiger partial charge in [0.1, 0.15) is 16.9 Å². The maximum absolute atomic E-state index is 12.8. The third kappa shape index (κ3) is 4.92. The van der Waals surface area contributed by atoms with Crippen molar-refractivity contribution in [2.45, 2.75) is 6.92 Å². The Labute approximate surface area is 225 Å². The van der Waals surface area contributed by atoms with Gasteiger partial charge in [0.05, 0.1) is 0 Å². The Morgan fingerprint density at radius 3 is 2.35 bits per heavy atom. The lowest BCUT2D eigenvalue weighted by Gasteiger charge is -2.36. The van der Waals surface area contributed by atoms with Crippen molar-refractivity contribution in [3.8, 4) is 0 Å². The zero-order valence-corrected chi connectivity index (χ0v) is 21.7. The van der Waals surface area contributed by atoms with E-state index in [4.69, 9.17) is 16.0 Å². The SMILES string of the molecule is Cc1nc(Nc2ccc(N3CCN(C(=O)c4ccc(Cl)cc4)CC3)cc2)c2oc3ccccc3c2n1.Cl. The molecule has 188 valence electrons. The summed E-state index contributed by atoms with van der Waals surface area (Å²) in [5, 5.41) is 5.00. The quantitative estimate of drug-likeness (QED) is 0.285. The van der Waals surface area contributed by atoms with Crippen molar-refractivity contribution >= 4 is 69.2 Å². The number of hydrogen-bond donors (Lipinski definition) is 1. The van der Waals surface area contributed by atoms with Gasteiger partial charge in [-0.25, -0.2) is 9.97 Å². The van der Waals surface area contributed by atoms with Crippen LogP contribution in [0.3, 0.4) is 0 Å². The monoisotopic (exact) mass is 533 g/mol. The average Bonchev–Trinajstić information content (AvgIpc) is 3.28. The van der Waals surface area contributed by atoms with Crippen molar-refractivity contribution in [1.82, 2.24) is 14.9 Å². The molecule has 6 rings (SSSR count). The molecule has 9 heteroatoms. The number of furan rings is 1. The van der Waals surface area contributed by atoms with E-state index in [-0.39, 0.29) is 18.3 Å². The normalized spacial score (nSPS) is 13.6. The van der Waals surface area contributed by atoms with Gasteiger partial charge in [0.15, 0.2) is 11.4 Å². The number of hydrogen-bond acceptors (Lipinski definition) is 6. The number of fused-ring (bicyclic) bond motifs is 3. The van der Waals surface area contributed by atoms with E-state index in [9.17, 15) is 4.79 Å². The molecule has 1 aliphatic rings. The summed E-state index contributed by atoms with van der Waals surface area (Å²) in [6.07, 6.45) is 0. The number of aryl methyl sites for hydroxylation is 1. The van der Waals surface area contributed by atoms with Crippen molar-refractivity contribution in [2.75, 3.05) is 36.4 Å². The second kappa shape index (κ2) is 10.3. The molecule has 0 spiro atoms. The molecular weight excluding hydrogens is 509 g/mol. The summed E-state index contributed by atoms with van der Waals surface area (Å²) >= 11 is 5.95. The van der Waals surface area contributed by atoms with Crippen LogP contribution in [0.25, 0.3) is 22.1 Å². The minimum absolute atomic E-state index is 0. The number of aromatic nitrogens is 2. The van der Waals surface area contributed by atoms with Crippen LogP contribution < -0.4 is 10.2 Å². The lowest BCUT2D eigenvalue weighted by atomic mass is 10.1. The lowest BCUT2D eigenvalue weighted by Crippen LogP contribution is -2.48. The molecule has 0 radical (unpaired) electrons. The van der Waals surface area contributed by atoms with Crippen LogP contribution in [0.2, 0.25) is 5.02 Å². The molecule has 3 heterocycles. The van der Waals surface area contributed by atoms with E-state index >= 15 is 0 Å². The number of anilines is 3. The zero-order valence-electron chi connectivity index (χ0n) is 20.1. The summed E-state index contributed by atoms with van der Waals surface area (Å²) in [6, 6.07) is 23.2. The van der Waals surface area contributed by atoms with Crippen molar-refractivity contribution in [2.24, 2.45) is 0 Å². The Morgan fingerprint density at radius 1 is 0.919 bits per heavy atom. The number of piperazine rings is 1. The van der Waals surface area contributed by atoms with Gasteiger partial charge >= 0.3 is 0 Å². The van der Waals surface area contributed by atoms with E-state index in [0.717, 1.165) is 41.0 Å². The van der Waals surface area contributed by atoms with Gasteiger partial charge in [-0.2, -0.15) is 0 Å². The Kier molecular flexibility index (Phi) is 6.91. The molecule has 0 aliphatic carbocycles. The Bertz CT molecular complexity index is 1560. The predicted molar refractivity (Wildman–Crippen MR) is 151 cm³/mol. The topological polar surface area (TPSA) is 74.5 Å². The summed E-state index contributed by atoms with van der Waals surface area (Å²) in [5.74, 6) is 1.37. The molecule has 0 atom stereocenters. The predicted octanol–water partition coefficient (Wildman–Crippen LogP) is 6.47. The van der Waals surface area contributed by atoms with E-state index in [0.29, 0.717) is 40.9 Å². The lowest BCUT2D eigenvalue weighted by molar-refractivity contribution is 0.0747. The number of halogens is 2. The molecule has 3 aromatic carbocycles. The average molecular weight is 534 g/mol. The van der Waals surface area contributed by atoms with Crippen LogP contribution in [0, 0.1) is 6.92 Å². The molecule has 0 saturated carbocycles. The van der Waals surface area contributed by atoms with Gasteiger partial charge in [0, 0.05) is 53.5 Å². The van der Waals surface area contributed by atoms with E-state index in [1.54, 1.807) is 24.3 Å². The number of nitrogens with one attached hydrogen (secondary N) is 1. The van der Waals surface area contributed by atoms with Crippen LogP contribution in [-0.4, -0.2) is 47.0 Å². The van der Waals surface area contributed by atoms with Gasteiger partial charge in [-0.3, -0.25) is 4.79 Å². The van der Waals surface area contributed by atoms with Crippen molar-refractivity contribution in [3.05, 3.63) is 89.2 Å². The van der Waals surface area contributed by atoms with Crippen LogP contribution >= 0.6 is 24.0 Å². The minimum atomic E-state index is 0. The summed E-state index contributed by atoms with van der Waals surface area (Å²) in [5.41, 5.74) is 4.94. The largest absolute Gasteiger partial charge is 0.450 e. The molecule has 2 aromatic heterocycles. The van der Waals surface area contributed by atoms with Crippen LogP contribution in [0.15, 0.2) is 77.2 Å². The molecule has 1 N–H and O–H groups in total. The molecule has 0 bridgehead atoms. The first kappa shape index (κ1) is 24.9. The molecule has 37 heavy (non-hydrogen) atoms. The Balaban J connectivity index is 0.00000280. The fourth-order valence-electron chi connectivity index (χ4n) is 4.62. The number of rotatable bonds is 4. The first-order valence-corrected chi connectivity index (χ1v) is 12.3.